The molecule has 0 aliphatic rings. The van der Waals surface area contributed by atoms with Crippen molar-refractivity contribution in [2.75, 3.05) is 0 Å². The van der Waals surface area contributed by atoms with E-state index in [-0.39, 0.29) is 5.84 Å². The van der Waals surface area contributed by atoms with Crippen LogP contribution in [0, 0.1) is 5.41 Å². The molecule has 1 aromatic carbocycles. The lowest BCUT2D eigenvalue weighted by Crippen LogP contribution is -2.10. The first kappa shape index (κ1) is 9.71. The van der Waals surface area contributed by atoms with Crippen LogP contribution in [0.4, 0.5) is 0 Å². The van der Waals surface area contributed by atoms with Crippen LogP contribution in [0.5, 0.6) is 0 Å². The van der Waals surface area contributed by atoms with Crippen LogP contribution in [0.1, 0.15) is 25.5 Å². The van der Waals surface area contributed by atoms with Crippen molar-refractivity contribution in [3.8, 4) is 0 Å². The van der Waals surface area contributed by atoms with Crippen molar-refractivity contribution < 1.29 is 0 Å². The number of nitrogens with two attached hydrogens (primary N) is 1. The second-order valence-corrected chi connectivity index (χ2v) is 3.86. The van der Waals surface area contributed by atoms with E-state index in [1.54, 1.807) is 0 Å². The van der Waals surface area contributed by atoms with Crippen LogP contribution in [0.15, 0.2) is 24.5 Å². The number of fused-ring (bicyclic) bond motifs is 1. The second kappa shape index (κ2) is 3.38. The van der Waals surface area contributed by atoms with E-state index in [1.807, 2.05) is 24.5 Å². The predicted molar refractivity (Wildman–Crippen MR) is 61.1 cm³/mol. The Hall–Kier alpha value is -1.84. The molecule has 0 amide bonds. The third-order valence-electron chi connectivity index (χ3n) is 2.44. The number of amidine groups is 1. The number of imidazole rings is 1. The highest BCUT2D eigenvalue weighted by molar-refractivity contribution is 5.97. The molecule has 0 spiro atoms. The summed E-state index contributed by atoms with van der Waals surface area (Å²) in [5, 5.41) is 7.35. The van der Waals surface area contributed by atoms with Crippen LogP contribution in [-0.4, -0.2) is 15.4 Å². The molecule has 15 heavy (non-hydrogen) atoms. The van der Waals surface area contributed by atoms with Gasteiger partial charge in [0.05, 0.1) is 17.4 Å². The summed E-state index contributed by atoms with van der Waals surface area (Å²) in [6.07, 6.45) is 1.82. The van der Waals surface area contributed by atoms with Crippen molar-refractivity contribution in [2.45, 2.75) is 19.9 Å². The molecule has 0 fully saturated rings. The normalized spacial score (nSPS) is 11.1. The standard InChI is InChI=1S/C11H14N4/c1-7(2)15-6-14-9-5-8(11(12)13)3-4-10(9)15/h3-7H,1-2H3,(H3,12,13). The quantitative estimate of drug-likeness (QED) is 0.577. The monoisotopic (exact) mass is 202 g/mol. The molecule has 0 bridgehead atoms. The van der Waals surface area contributed by atoms with Gasteiger partial charge < -0.3 is 10.3 Å². The Labute approximate surface area is 88.2 Å². The highest BCUT2D eigenvalue weighted by Gasteiger charge is 2.06. The molecule has 78 valence electrons. The zero-order chi connectivity index (χ0) is 11.0. The van der Waals surface area contributed by atoms with E-state index in [0.717, 1.165) is 16.6 Å². The SMILES string of the molecule is CC(C)n1cnc2cc(C(=N)N)ccc21. The van der Waals surface area contributed by atoms with Crippen LogP contribution in [0.2, 0.25) is 0 Å². The van der Waals surface area contributed by atoms with Gasteiger partial charge in [-0.3, -0.25) is 5.41 Å². The summed E-state index contributed by atoms with van der Waals surface area (Å²) in [5.74, 6) is 0.0796. The van der Waals surface area contributed by atoms with E-state index in [2.05, 4.69) is 23.4 Å². The molecule has 1 aromatic heterocycles. The van der Waals surface area contributed by atoms with Gasteiger partial charge in [0.15, 0.2) is 0 Å². The van der Waals surface area contributed by atoms with Crippen LogP contribution in [-0.2, 0) is 0 Å². The molecule has 0 atom stereocenters. The van der Waals surface area contributed by atoms with Crippen molar-refractivity contribution in [3.63, 3.8) is 0 Å². The maximum absolute atomic E-state index is 7.35. The van der Waals surface area contributed by atoms with Gasteiger partial charge in [-0.1, -0.05) is 0 Å². The summed E-state index contributed by atoms with van der Waals surface area (Å²) in [4.78, 5) is 4.29. The number of hydrogen-bond acceptors (Lipinski definition) is 2. The molecule has 4 heteroatoms. The third kappa shape index (κ3) is 1.58. The van der Waals surface area contributed by atoms with Gasteiger partial charge in [-0.15, -0.1) is 0 Å². The average molecular weight is 202 g/mol. The van der Waals surface area contributed by atoms with Crippen LogP contribution >= 0.6 is 0 Å². The van der Waals surface area contributed by atoms with Gasteiger partial charge in [0, 0.05) is 11.6 Å². The number of nitrogens with zero attached hydrogens (tertiary/aromatic N) is 2. The lowest BCUT2D eigenvalue weighted by atomic mass is 10.2. The van der Waals surface area contributed by atoms with Gasteiger partial charge in [-0.25, -0.2) is 4.98 Å². The Morgan fingerprint density at radius 3 is 2.80 bits per heavy atom. The lowest BCUT2D eigenvalue weighted by molar-refractivity contribution is 0.617. The molecule has 0 aliphatic heterocycles. The van der Waals surface area contributed by atoms with Crippen molar-refractivity contribution in [1.29, 1.82) is 5.41 Å². The molecule has 2 rings (SSSR count). The first-order valence-electron chi connectivity index (χ1n) is 4.90. The van der Waals surface area contributed by atoms with Crippen molar-refractivity contribution >= 4 is 16.9 Å². The molecular formula is C11H14N4. The molecule has 2 aromatic rings. The minimum absolute atomic E-state index is 0.0796. The van der Waals surface area contributed by atoms with Crippen molar-refractivity contribution in [2.24, 2.45) is 5.73 Å². The fraction of sp³-hybridized carbons (Fsp3) is 0.273. The number of nitrogens with one attached hydrogen (secondary N) is 1. The first-order valence-corrected chi connectivity index (χ1v) is 4.90. The fourth-order valence-corrected chi connectivity index (χ4v) is 1.61. The zero-order valence-electron chi connectivity index (χ0n) is 8.86. The second-order valence-electron chi connectivity index (χ2n) is 3.86. The van der Waals surface area contributed by atoms with Crippen molar-refractivity contribution in [1.82, 2.24) is 9.55 Å². The zero-order valence-corrected chi connectivity index (χ0v) is 8.86. The van der Waals surface area contributed by atoms with Crippen LogP contribution in [0.25, 0.3) is 11.0 Å². The minimum atomic E-state index is 0.0796. The Kier molecular flexibility index (Phi) is 2.19. The summed E-state index contributed by atoms with van der Waals surface area (Å²) in [7, 11) is 0. The van der Waals surface area contributed by atoms with E-state index >= 15 is 0 Å². The minimum Gasteiger partial charge on any atom is -0.384 e. The maximum Gasteiger partial charge on any atom is 0.122 e. The van der Waals surface area contributed by atoms with E-state index in [0.29, 0.717) is 6.04 Å². The molecular weight excluding hydrogens is 188 g/mol. The Morgan fingerprint density at radius 2 is 2.20 bits per heavy atom. The molecule has 4 nitrogen and oxygen atoms in total. The number of rotatable bonds is 2. The fourth-order valence-electron chi connectivity index (χ4n) is 1.61. The van der Waals surface area contributed by atoms with Gasteiger partial charge in [-0.05, 0) is 32.0 Å². The third-order valence-corrected chi connectivity index (χ3v) is 2.44. The first-order chi connectivity index (χ1) is 7.09. The van der Waals surface area contributed by atoms with Gasteiger partial charge in [0.25, 0.3) is 0 Å². The molecule has 0 radical (unpaired) electrons. The molecule has 3 N–H and O–H groups in total. The largest absolute Gasteiger partial charge is 0.384 e. The Morgan fingerprint density at radius 1 is 1.47 bits per heavy atom. The molecule has 1 heterocycles. The van der Waals surface area contributed by atoms with Gasteiger partial charge in [0.2, 0.25) is 0 Å². The summed E-state index contributed by atoms with van der Waals surface area (Å²) in [6.45, 7) is 4.22. The predicted octanol–water partition coefficient (Wildman–Crippen LogP) is 1.90. The summed E-state index contributed by atoms with van der Waals surface area (Å²) in [6, 6.07) is 6.04. The highest BCUT2D eigenvalue weighted by atomic mass is 15.1. The Balaban J connectivity index is 2.61. The van der Waals surface area contributed by atoms with E-state index < -0.39 is 0 Å². The highest BCUT2D eigenvalue weighted by Crippen LogP contribution is 2.18. The van der Waals surface area contributed by atoms with E-state index in [4.69, 9.17) is 11.1 Å². The average Bonchev–Trinajstić information content (AvgIpc) is 2.59. The number of aromatic nitrogens is 2. The lowest BCUT2D eigenvalue weighted by Gasteiger charge is -2.07. The van der Waals surface area contributed by atoms with Crippen LogP contribution in [0.3, 0.4) is 0 Å². The smallest absolute Gasteiger partial charge is 0.122 e. The number of benzene rings is 1. The van der Waals surface area contributed by atoms with E-state index in [1.165, 1.54) is 0 Å². The topological polar surface area (TPSA) is 67.7 Å². The van der Waals surface area contributed by atoms with Crippen molar-refractivity contribution in [3.05, 3.63) is 30.1 Å². The summed E-state index contributed by atoms with van der Waals surface area (Å²) < 4.78 is 2.10. The number of nitrogen functional groups attached to an aromatic ring is 1. The summed E-state index contributed by atoms with van der Waals surface area (Å²) in [5.41, 5.74) is 8.10. The summed E-state index contributed by atoms with van der Waals surface area (Å²) >= 11 is 0. The molecule has 0 unspecified atom stereocenters. The van der Waals surface area contributed by atoms with Gasteiger partial charge in [-0.2, -0.15) is 0 Å². The molecule has 0 saturated heterocycles. The maximum atomic E-state index is 7.35. The Bertz CT molecular complexity index is 510. The molecule has 0 saturated carbocycles. The van der Waals surface area contributed by atoms with Gasteiger partial charge >= 0.3 is 0 Å². The molecule has 0 aliphatic carbocycles. The number of hydrogen-bond donors (Lipinski definition) is 2. The van der Waals surface area contributed by atoms with Crippen LogP contribution < -0.4 is 5.73 Å². The van der Waals surface area contributed by atoms with Gasteiger partial charge in [0.1, 0.15) is 5.84 Å². The van der Waals surface area contributed by atoms with E-state index in [9.17, 15) is 0 Å².